The summed E-state index contributed by atoms with van der Waals surface area (Å²) in [6.07, 6.45) is 1.53. The van der Waals surface area contributed by atoms with Gasteiger partial charge in [-0.15, -0.1) is 11.6 Å². The first-order valence-electron chi connectivity index (χ1n) is 5.79. The average molecular weight is 277 g/mol. The molecule has 5 heteroatoms. The van der Waals surface area contributed by atoms with E-state index in [0.29, 0.717) is 13.0 Å². The van der Waals surface area contributed by atoms with Crippen LogP contribution in [0.15, 0.2) is 12.1 Å². The molecular formula is C13H15ClF2O2. The normalized spacial score (nSPS) is 25.2. The fourth-order valence-electron chi connectivity index (χ4n) is 2.23. The summed E-state index contributed by atoms with van der Waals surface area (Å²) in [4.78, 5) is 0. The molecule has 0 aromatic heterocycles. The van der Waals surface area contributed by atoms with Gasteiger partial charge in [0.15, 0.2) is 0 Å². The van der Waals surface area contributed by atoms with Crippen molar-refractivity contribution in [1.82, 2.24) is 0 Å². The molecule has 0 amide bonds. The van der Waals surface area contributed by atoms with Crippen LogP contribution in [0.4, 0.5) is 8.78 Å². The number of alkyl halides is 1. The third-order valence-electron chi connectivity index (χ3n) is 3.33. The molecule has 0 spiro atoms. The molecule has 1 aliphatic rings. The van der Waals surface area contributed by atoms with Crippen LogP contribution in [0.25, 0.3) is 0 Å². The van der Waals surface area contributed by atoms with E-state index in [4.69, 9.17) is 21.1 Å². The lowest BCUT2D eigenvalue weighted by Crippen LogP contribution is -2.30. The third-order valence-corrected chi connectivity index (χ3v) is 4.01. The van der Waals surface area contributed by atoms with Gasteiger partial charge in [0, 0.05) is 24.3 Å². The van der Waals surface area contributed by atoms with E-state index in [1.807, 2.05) is 0 Å². The van der Waals surface area contributed by atoms with E-state index < -0.39 is 22.6 Å². The summed E-state index contributed by atoms with van der Waals surface area (Å²) in [5, 5.41) is -0.856. The highest BCUT2D eigenvalue weighted by Gasteiger charge is 2.40. The summed E-state index contributed by atoms with van der Waals surface area (Å²) < 4.78 is 38.2. The smallest absolute Gasteiger partial charge is 0.134 e. The minimum atomic E-state index is -0.856. The first-order valence-corrected chi connectivity index (χ1v) is 6.22. The number of hydrogen-bond donors (Lipinski definition) is 0. The molecule has 1 saturated heterocycles. The first-order chi connectivity index (χ1) is 8.48. The van der Waals surface area contributed by atoms with Crippen molar-refractivity contribution in [2.45, 2.75) is 30.7 Å². The summed E-state index contributed by atoms with van der Waals surface area (Å²) in [5.74, 6) is -1.28. The average Bonchev–Trinajstić information content (AvgIpc) is 2.76. The van der Waals surface area contributed by atoms with Gasteiger partial charge in [-0.25, -0.2) is 8.78 Å². The van der Waals surface area contributed by atoms with Crippen LogP contribution in [-0.4, -0.2) is 19.3 Å². The molecule has 0 radical (unpaired) electrons. The maximum absolute atomic E-state index is 13.9. The predicted molar refractivity (Wildman–Crippen MR) is 65.1 cm³/mol. The van der Waals surface area contributed by atoms with Crippen LogP contribution in [0.5, 0.6) is 5.75 Å². The van der Waals surface area contributed by atoms with Gasteiger partial charge in [0.2, 0.25) is 0 Å². The Bertz CT molecular complexity index is 422. The van der Waals surface area contributed by atoms with Gasteiger partial charge in [-0.2, -0.15) is 0 Å². The van der Waals surface area contributed by atoms with Crippen molar-refractivity contribution in [3.63, 3.8) is 0 Å². The lowest BCUT2D eigenvalue weighted by molar-refractivity contribution is 0.0150. The van der Waals surface area contributed by atoms with Crippen molar-refractivity contribution in [1.29, 1.82) is 0 Å². The largest absolute Gasteiger partial charge is 0.497 e. The van der Waals surface area contributed by atoms with E-state index in [1.54, 1.807) is 6.92 Å². The number of methoxy groups -OCH3 is 1. The first kappa shape index (κ1) is 13.6. The highest BCUT2D eigenvalue weighted by atomic mass is 35.5. The number of benzene rings is 1. The molecule has 0 aliphatic carbocycles. The standard InChI is InChI=1S/C13H15ClF2O2/c1-13(4-3-5-18-13)12(14)11-9(15)6-8(17-2)7-10(11)16/h6-7,12H,3-5H2,1-2H3. The third kappa shape index (κ3) is 2.31. The van der Waals surface area contributed by atoms with Crippen molar-refractivity contribution >= 4 is 11.6 Å². The van der Waals surface area contributed by atoms with E-state index in [9.17, 15) is 8.78 Å². The second-order valence-electron chi connectivity index (χ2n) is 4.63. The Labute approximate surface area is 110 Å². The minimum absolute atomic E-state index is 0.134. The van der Waals surface area contributed by atoms with Gasteiger partial charge < -0.3 is 9.47 Å². The maximum atomic E-state index is 13.9. The monoisotopic (exact) mass is 276 g/mol. The Balaban J connectivity index is 2.38. The van der Waals surface area contributed by atoms with Crippen molar-refractivity contribution < 1.29 is 18.3 Å². The van der Waals surface area contributed by atoms with E-state index in [2.05, 4.69) is 0 Å². The van der Waals surface area contributed by atoms with Crippen LogP contribution in [0, 0.1) is 11.6 Å². The molecule has 2 rings (SSSR count). The quantitative estimate of drug-likeness (QED) is 0.782. The molecule has 2 nitrogen and oxygen atoms in total. The lowest BCUT2D eigenvalue weighted by atomic mass is 9.92. The fourth-order valence-corrected chi connectivity index (χ4v) is 2.61. The SMILES string of the molecule is COc1cc(F)c(C(Cl)C2(C)CCCO2)c(F)c1. The van der Waals surface area contributed by atoms with Crippen molar-refractivity contribution in [3.8, 4) is 5.75 Å². The summed E-state index contributed by atoms with van der Waals surface area (Å²) >= 11 is 6.21. The maximum Gasteiger partial charge on any atom is 0.134 e. The number of rotatable bonds is 3. The van der Waals surface area contributed by atoms with Gasteiger partial charge in [-0.3, -0.25) is 0 Å². The Morgan fingerprint density at radius 3 is 2.44 bits per heavy atom. The Morgan fingerprint density at radius 2 is 2.00 bits per heavy atom. The lowest BCUT2D eigenvalue weighted by Gasteiger charge is -2.29. The highest BCUT2D eigenvalue weighted by molar-refractivity contribution is 6.21. The zero-order valence-corrected chi connectivity index (χ0v) is 11.1. The molecule has 0 saturated carbocycles. The molecule has 18 heavy (non-hydrogen) atoms. The van der Waals surface area contributed by atoms with Crippen LogP contribution >= 0.6 is 11.6 Å². The molecule has 0 N–H and O–H groups in total. The van der Waals surface area contributed by atoms with Crippen LogP contribution in [-0.2, 0) is 4.74 Å². The topological polar surface area (TPSA) is 18.5 Å². The van der Waals surface area contributed by atoms with Crippen LogP contribution in [0.3, 0.4) is 0 Å². The summed E-state index contributed by atoms with van der Waals surface area (Å²) in [6, 6.07) is 2.26. The van der Waals surface area contributed by atoms with E-state index in [0.717, 1.165) is 18.6 Å². The van der Waals surface area contributed by atoms with E-state index >= 15 is 0 Å². The molecular weight excluding hydrogens is 262 g/mol. The van der Waals surface area contributed by atoms with Crippen molar-refractivity contribution in [3.05, 3.63) is 29.3 Å². The Kier molecular flexibility index (Phi) is 3.78. The van der Waals surface area contributed by atoms with Gasteiger partial charge in [-0.1, -0.05) is 0 Å². The van der Waals surface area contributed by atoms with Crippen molar-refractivity contribution in [2.24, 2.45) is 0 Å². The molecule has 0 bridgehead atoms. The van der Waals surface area contributed by atoms with Crippen molar-refractivity contribution in [2.75, 3.05) is 13.7 Å². The van der Waals surface area contributed by atoms with Crippen LogP contribution in [0.1, 0.15) is 30.7 Å². The predicted octanol–water partition coefficient (Wildman–Crippen LogP) is 3.82. The molecule has 100 valence electrons. The highest BCUT2D eigenvalue weighted by Crippen LogP contribution is 2.43. The van der Waals surface area contributed by atoms with Gasteiger partial charge in [0.05, 0.1) is 18.1 Å². The molecule has 2 atom stereocenters. The van der Waals surface area contributed by atoms with Gasteiger partial charge in [0.1, 0.15) is 17.4 Å². The summed E-state index contributed by atoms with van der Waals surface area (Å²) in [7, 11) is 1.35. The number of ether oxygens (including phenoxy) is 2. The summed E-state index contributed by atoms with van der Waals surface area (Å²) in [5.41, 5.74) is -0.875. The molecule has 1 heterocycles. The summed E-state index contributed by atoms with van der Waals surface area (Å²) in [6.45, 7) is 2.35. The van der Waals surface area contributed by atoms with Gasteiger partial charge in [0.25, 0.3) is 0 Å². The second kappa shape index (κ2) is 5.02. The van der Waals surface area contributed by atoms with Gasteiger partial charge >= 0.3 is 0 Å². The number of hydrogen-bond acceptors (Lipinski definition) is 2. The zero-order chi connectivity index (χ0) is 13.3. The molecule has 1 aromatic carbocycles. The molecule has 2 unspecified atom stereocenters. The van der Waals surface area contributed by atoms with E-state index in [-0.39, 0.29) is 11.3 Å². The van der Waals surface area contributed by atoms with E-state index in [1.165, 1.54) is 7.11 Å². The molecule has 1 aliphatic heterocycles. The minimum Gasteiger partial charge on any atom is -0.497 e. The Morgan fingerprint density at radius 1 is 1.39 bits per heavy atom. The van der Waals surface area contributed by atoms with Crippen LogP contribution < -0.4 is 4.74 Å². The molecule has 1 aromatic rings. The fraction of sp³-hybridized carbons (Fsp3) is 0.538. The second-order valence-corrected chi connectivity index (χ2v) is 5.07. The van der Waals surface area contributed by atoms with Gasteiger partial charge in [-0.05, 0) is 19.8 Å². The Hall–Kier alpha value is -0.870. The number of halogens is 3. The molecule has 1 fully saturated rings. The van der Waals surface area contributed by atoms with Crippen LogP contribution in [0.2, 0.25) is 0 Å². The zero-order valence-electron chi connectivity index (χ0n) is 10.3.